The van der Waals surface area contributed by atoms with Gasteiger partial charge in [-0.3, -0.25) is 14.4 Å². The minimum absolute atomic E-state index is 0.0903. The fourth-order valence-corrected chi connectivity index (χ4v) is 6.02. The number of unbranched alkanes of at least 4 members (excludes halogenated alkanes) is 1. The molecule has 1 atom stereocenters. The van der Waals surface area contributed by atoms with E-state index < -0.39 is 40.0 Å². The van der Waals surface area contributed by atoms with Gasteiger partial charge in [-0.1, -0.05) is 25.8 Å². The van der Waals surface area contributed by atoms with E-state index in [1.807, 2.05) is 6.07 Å². The van der Waals surface area contributed by atoms with E-state index in [9.17, 15) is 26.8 Å². The fraction of sp³-hybridized carbons (Fsp3) is 0.406. The number of pyridine rings is 1. The number of amides is 3. The number of urea groups is 1. The Hall–Kier alpha value is -4.30. The normalized spacial score (nSPS) is 14.8. The highest BCUT2D eigenvalue weighted by atomic mass is 32.2. The molecule has 3 aromatic rings. The molecule has 0 bridgehead atoms. The lowest BCUT2D eigenvalue weighted by atomic mass is 9.86. The zero-order chi connectivity index (χ0) is 33.3. The van der Waals surface area contributed by atoms with Crippen molar-refractivity contribution in [3.8, 4) is 11.6 Å². The highest BCUT2D eigenvalue weighted by Crippen LogP contribution is 2.27. The topological polar surface area (TPSA) is 156 Å². The Morgan fingerprint density at radius 1 is 1.09 bits per heavy atom. The third kappa shape index (κ3) is 10.7. The van der Waals surface area contributed by atoms with E-state index in [4.69, 9.17) is 10.5 Å². The maximum atomic E-state index is 14.4. The van der Waals surface area contributed by atoms with Gasteiger partial charge in [0.2, 0.25) is 21.8 Å². The molecule has 1 unspecified atom stereocenters. The number of aromatic nitrogens is 1. The van der Waals surface area contributed by atoms with Gasteiger partial charge in [-0.15, -0.1) is 0 Å². The van der Waals surface area contributed by atoms with Gasteiger partial charge < -0.3 is 21.1 Å². The molecule has 5 N–H and O–H groups in total. The summed E-state index contributed by atoms with van der Waals surface area (Å²) in [7, 11) is -3.36. The number of carbonyl (C=O) groups is 2. The smallest absolute Gasteiger partial charge is 0.319 e. The SMILES string of the molecule is CCCCC(NC(=O)Nc1cc(CC(N)=O)c(F)cc1F)C1CCN(Cc2ccc(Oc3ccc(NS(C)(=O)=O)cc3)nc2)CC1. The number of nitrogens with zero attached hydrogens (tertiary/aromatic N) is 2. The van der Waals surface area contributed by atoms with Crippen LogP contribution < -0.4 is 25.8 Å². The van der Waals surface area contributed by atoms with Gasteiger partial charge in [-0.2, -0.15) is 0 Å². The van der Waals surface area contributed by atoms with Crippen molar-refractivity contribution >= 4 is 33.3 Å². The first-order valence-corrected chi connectivity index (χ1v) is 17.0. The summed E-state index contributed by atoms with van der Waals surface area (Å²) in [6.45, 7) is 4.43. The van der Waals surface area contributed by atoms with Crippen LogP contribution in [0.1, 0.15) is 50.2 Å². The lowest BCUT2D eigenvalue weighted by Gasteiger charge is -2.36. The highest BCUT2D eigenvalue weighted by Gasteiger charge is 2.28. The predicted octanol–water partition coefficient (Wildman–Crippen LogP) is 5.14. The summed E-state index contributed by atoms with van der Waals surface area (Å²) in [5.41, 5.74) is 6.31. The Morgan fingerprint density at radius 3 is 2.41 bits per heavy atom. The zero-order valence-corrected chi connectivity index (χ0v) is 26.7. The second-order valence-electron chi connectivity index (χ2n) is 11.5. The van der Waals surface area contributed by atoms with Crippen LogP contribution in [0.5, 0.6) is 11.6 Å². The van der Waals surface area contributed by atoms with Crippen molar-refractivity contribution in [3.05, 3.63) is 77.5 Å². The molecule has 11 nitrogen and oxygen atoms in total. The van der Waals surface area contributed by atoms with Crippen LogP contribution >= 0.6 is 0 Å². The predicted molar refractivity (Wildman–Crippen MR) is 172 cm³/mol. The van der Waals surface area contributed by atoms with Crippen LogP contribution in [0.2, 0.25) is 0 Å². The number of anilines is 2. The van der Waals surface area contributed by atoms with Crippen molar-refractivity contribution < 1.29 is 31.5 Å². The molecule has 14 heteroatoms. The van der Waals surface area contributed by atoms with Gasteiger partial charge in [0.05, 0.1) is 18.4 Å². The summed E-state index contributed by atoms with van der Waals surface area (Å²) in [6.07, 6.45) is 6.82. The van der Waals surface area contributed by atoms with Gasteiger partial charge in [-0.25, -0.2) is 27.0 Å². The average Bonchev–Trinajstić information content (AvgIpc) is 2.99. The molecule has 3 amide bonds. The third-order valence-corrected chi connectivity index (χ3v) is 8.33. The molecule has 1 saturated heterocycles. The lowest BCUT2D eigenvalue weighted by Crippen LogP contribution is -2.46. The number of benzene rings is 2. The molecular weight excluding hydrogens is 618 g/mol. The zero-order valence-electron chi connectivity index (χ0n) is 25.9. The highest BCUT2D eigenvalue weighted by molar-refractivity contribution is 7.92. The molecule has 46 heavy (non-hydrogen) atoms. The number of halogens is 2. The Kier molecular flexibility index (Phi) is 11.9. The summed E-state index contributed by atoms with van der Waals surface area (Å²) in [6, 6.07) is 11.3. The molecule has 2 aromatic carbocycles. The first-order valence-electron chi connectivity index (χ1n) is 15.1. The Balaban J connectivity index is 1.28. The van der Waals surface area contributed by atoms with Gasteiger partial charge in [0, 0.05) is 36.6 Å². The van der Waals surface area contributed by atoms with Crippen molar-refractivity contribution in [2.24, 2.45) is 11.7 Å². The van der Waals surface area contributed by atoms with Gasteiger partial charge >= 0.3 is 6.03 Å². The molecule has 4 rings (SSSR count). The van der Waals surface area contributed by atoms with Crippen molar-refractivity contribution in [3.63, 3.8) is 0 Å². The number of carbonyl (C=O) groups excluding carboxylic acids is 2. The lowest BCUT2D eigenvalue weighted by molar-refractivity contribution is -0.117. The maximum Gasteiger partial charge on any atom is 0.319 e. The van der Waals surface area contributed by atoms with Crippen LogP contribution in [-0.2, 0) is 27.8 Å². The second-order valence-corrected chi connectivity index (χ2v) is 13.3. The number of hydrogen-bond donors (Lipinski definition) is 4. The quantitative estimate of drug-likeness (QED) is 0.187. The second kappa shape index (κ2) is 15.8. The number of primary amides is 1. The van der Waals surface area contributed by atoms with E-state index in [0.29, 0.717) is 29.9 Å². The number of ether oxygens (including phenoxy) is 1. The number of rotatable bonds is 14. The molecule has 1 fully saturated rings. The van der Waals surface area contributed by atoms with Crippen LogP contribution in [0.25, 0.3) is 0 Å². The number of piperidine rings is 1. The molecule has 248 valence electrons. The molecule has 1 aromatic heterocycles. The molecular formula is C32H40F2N6O5S. The summed E-state index contributed by atoms with van der Waals surface area (Å²) in [4.78, 5) is 30.9. The van der Waals surface area contributed by atoms with Crippen molar-refractivity contribution in [2.45, 2.75) is 58.0 Å². The van der Waals surface area contributed by atoms with Gasteiger partial charge in [0.1, 0.15) is 17.4 Å². The number of likely N-dealkylation sites (tertiary alicyclic amines) is 1. The maximum absolute atomic E-state index is 14.4. The molecule has 1 aliphatic heterocycles. The minimum atomic E-state index is -3.36. The number of nitrogens with two attached hydrogens (primary N) is 1. The number of sulfonamides is 1. The molecule has 0 radical (unpaired) electrons. The van der Waals surface area contributed by atoms with E-state index in [1.54, 1.807) is 36.5 Å². The van der Waals surface area contributed by atoms with Gasteiger partial charge in [0.25, 0.3) is 0 Å². The molecule has 0 spiro atoms. The van der Waals surface area contributed by atoms with E-state index >= 15 is 0 Å². The number of nitrogens with one attached hydrogen (secondary N) is 3. The fourth-order valence-electron chi connectivity index (χ4n) is 5.45. The van der Waals surface area contributed by atoms with E-state index in [0.717, 1.165) is 63.1 Å². The van der Waals surface area contributed by atoms with Crippen molar-refractivity contribution in [1.29, 1.82) is 0 Å². The molecule has 2 heterocycles. The van der Waals surface area contributed by atoms with Crippen molar-refractivity contribution in [1.82, 2.24) is 15.2 Å². The summed E-state index contributed by atoms with van der Waals surface area (Å²) in [5.74, 6) is -1.43. The van der Waals surface area contributed by atoms with Gasteiger partial charge in [-0.05, 0) is 79.7 Å². The van der Waals surface area contributed by atoms with E-state index in [1.165, 1.54) is 0 Å². The van der Waals surface area contributed by atoms with E-state index in [-0.39, 0.29) is 23.2 Å². The summed E-state index contributed by atoms with van der Waals surface area (Å²) >= 11 is 0. The Labute approximate surface area is 268 Å². The summed E-state index contributed by atoms with van der Waals surface area (Å²) < 4.78 is 59.4. The Morgan fingerprint density at radius 2 is 1.80 bits per heavy atom. The monoisotopic (exact) mass is 658 g/mol. The van der Waals surface area contributed by atoms with Crippen LogP contribution in [0.3, 0.4) is 0 Å². The van der Waals surface area contributed by atoms with Gasteiger partial charge in [0.15, 0.2) is 0 Å². The summed E-state index contributed by atoms with van der Waals surface area (Å²) in [5, 5.41) is 5.47. The minimum Gasteiger partial charge on any atom is -0.439 e. The first kappa shape index (κ1) is 34.6. The standard InChI is InChI=1S/C32H40F2N6O5S/c1-3-4-5-28(37-32(42)38-29-16-23(17-30(35)41)26(33)18-27(29)34)22-12-14-40(15-13-22)20-21-6-11-31(36-19-21)45-25-9-7-24(8-10-25)39-46(2,43)44/h6-11,16,18-19,22,28,39H,3-5,12-15,17,20H2,1-2H3,(H2,35,41)(H2,37,38,42). The number of hydrogen-bond acceptors (Lipinski definition) is 7. The van der Waals surface area contributed by atoms with Crippen LogP contribution in [0.15, 0.2) is 54.7 Å². The first-order chi connectivity index (χ1) is 21.9. The Bertz CT molecular complexity index is 1600. The average molecular weight is 659 g/mol. The van der Waals surface area contributed by atoms with Crippen molar-refractivity contribution in [2.75, 3.05) is 29.4 Å². The molecule has 0 aliphatic carbocycles. The molecule has 0 saturated carbocycles. The molecule has 1 aliphatic rings. The van der Waals surface area contributed by atoms with E-state index in [2.05, 4.69) is 32.2 Å². The van der Waals surface area contributed by atoms with Crippen LogP contribution in [0, 0.1) is 17.6 Å². The largest absolute Gasteiger partial charge is 0.439 e. The van der Waals surface area contributed by atoms with Crippen LogP contribution in [-0.4, -0.2) is 55.6 Å². The third-order valence-electron chi connectivity index (χ3n) is 7.72. The van der Waals surface area contributed by atoms with Crippen LogP contribution in [0.4, 0.5) is 25.0 Å².